The Morgan fingerprint density at radius 1 is 1.15 bits per heavy atom. The third-order valence-electron chi connectivity index (χ3n) is 3.88. The van der Waals surface area contributed by atoms with Gasteiger partial charge in [-0.1, -0.05) is 35.6 Å². The summed E-state index contributed by atoms with van der Waals surface area (Å²) in [6, 6.07) is 15.2. The number of rotatable bonds is 4. The average Bonchev–Trinajstić information content (AvgIpc) is 3.28. The van der Waals surface area contributed by atoms with Gasteiger partial charge in [0.25, 0.3) is 5.91 Å². The first-order valence-corrected chi connectivity index (χ1v) is 8.98. The zero-order valence-corrected chi connectivity index (χ0v) is 15.1. The largest absolute Gasteiger partial charge is 0.298 e. The standard InChI is InChI=1S/C18H16N6OS/c1-11(2)24-16(21-22-23-24)12-6-5-7-13(10-12)17(25)20-18-19-14-8-3-4-9-15(14)26-18/h3-11H,1-2H3,(H,19,20,25). The molecule has 0 aliphatic rings. The van der Waals surface area contributed by atoms with Crippen LogP contribution in [0.4, 0.5) is 5.13 Å². The summed E-state index contributed by atoms with van der Waals surface area (Å²) in [5.74, 6) is 0.420. The maximum absolute atomic E-state index is 12.6. The monoisotopic (exact) mass is 364 g/mol. The molecule has 0 saturated heterocycles. The number of fused-ring (bicyclic) bond motifs is 1. The second-order valence-corrected chi connectivity index (χ2v) is 7.09. The first-order valence-electron chi connectivity index (χ1n) is 8.17. The second-order valence-electron chi connectivity index (χ2n) is 6.06. The number of carbonyl (C=O) groups excluding carboxylic acids is 1. The highest BCUT2D eigenvalue weighted by Crippen LogP contribution is 2.26. The minimum atomic E-state index is -0.213. The number of carbonyl (C=O) groups is 1. The van der Waals surface area contributed by atoms with Crippen molar-refractivity contribution in [1.29, 1.82) is 0 Å². The Morgan fingerprint density at radius 2 is 2.00 bits per heavy atom. The van der Waals surface area contributed by atoms with E-state index in [0.29, 0.717) is 16.5 Å². The van der Waals surface area contributed by atoms with Gasteiger partial charge in [0.15, 0.2) is 11.0 Å². The molecule has 1 N–H and O–H groups in total. The average molecular weight is 364 g/mol. The van der Waals surface area contributed by atoms with E-state index >= 15 is 0 Å². The predicted octanol–water partition coefficient (Wildman–Crippen LogP) is 3.78. The van der Waals surface area contributed by atoms with Crippen LogP contribution in [-0.2, 0) is 0 Å². The number of anilines is 1. The molecule has 0 fully saturated rings. The minimum Gasteiger partial charge on any atom is -0.298 e. The van der Waals surface area contributed by atoms with Gasteiger partial charge in [-0.25, -0.2) is 9.67 Å². The molecule has 2 aromatic heterocycles. The van der Waals surface area contributed by atoms with Gasteiger partial charge >= 0.3 is 0 Å². The van der Waals surface area contributed by atoms with E-state index in [0.717, 1.165) is 15.8 Å². The molecule has 0 aliphatic carbocycles. The van der Waals surface area contributed by atoms with E-state index in [9.17, 15) is 4.79 Å². The summed E-state index contributed by atoms with van der Waals surface area (Å²) in [6.07, 6.45) is 0. The fraction of sp³-hybridized carbons (Fsp3) is 0.167. The second kappa shape index (κ2) is 6.64. The molecule has 2 heterocycles. The molecule has 4 rings (SSSR count). The van der Waals surface area contributed by atoms with E-state index in [1.807, 2.05) is 50.2 Å². The molecule has 26 heavy (non-hydrogen) atoms. The molecule has 0 atom stereocenters. The van der Waals surface area contributed by atoms with Crippen molar-refractivity contribution in [2.24, 2.45) is 0 Å². The molecule has 0 aliphatic heterocycles. The Bertz CT molecular complexity index is 1050. The zero-order chi connectivity index (χ0) is 18.1. The van der Waals surface area contributed by atoms with Crippen LogP contribution in [0.2, 0.25) is 0 Å². The van der Waals surface area contributed by atoms with Crippen molar-refractivity contribution < 1.29 is 4.79 Å². The number of para-hydroxylation sites is 1. The Hall–Kier alpha value is -3.13. The van der Waals surface area contributed by atoms with Crippen molar-refractivity contribution in [3.8, 4) is 11.4 Å². The van der Waals surface area contributed by atoms with Gasteiger partial charge in [0.05, 0.1) is 16.3 Å². The number of thiazole rings is 1. The molecule has 8 heteroatoms. The Kier molecular flexibility index (Phi) is 4.18. The van der Waals surface area contributed by atoms with E-state index in [2.05, 4.69) is 25.8 Å². The van der Waals surface area contributed by atoms with Crippen LogP contribution in [0.25, 0.3) is 21.6 Å². The smallest absolute Gasteiger partial charge is 0.257 e. The summed E-state index contributed by atoms with van der Waals surface area (Å²) < 4.78 is 2.76. The Labute approximate surface area is 153 Å². The minimum absolute atomic E-state index is 0.125. The van der Waals surface area contributed by atoms with Crippen LogP contribution in [-0.4, -0.2) is 31.1 Å². The van der Waals surface area contributed by atoms with E-state index < -0.39 is 0 Å². The zero-order valence-electron chi connectivity index (χ0n) is 14.2. The van der Waals surface area contributed by atoms with Crippen molar-refractivity contribution in [3.05, 3.63) is 54.1 Å². The van der Waals surface area contributed by atoms with Crippen molar-refractivity contribution in [2.75, 3.05) is 5.32 Å². The molecule has 0 saturated carbocycles. The van der Waals surface area contributed by atoms with Gasteiger partial charge in [0.1, 0.15) is 0 Å². The maximum atomic E-state index is 12.6. The summed E-state index contributed by atoms with van der Waals surface area (Å²) in [6.45, 7) is 4.01. The maximum Gasteiger partial charge on any atom is 0.257 e. The summed E-state index contributed by atoms with van der Waals surface area (Å²) in [7, 11) is 0. The van der Waals surface area contributed by atoms with Gasteiger partial charge in [-0.05, 0) is 48.5 Å². The molecule has 130 valence electrons. The highest BCUT2D eigenvalue weighted by Gasteiger charge is 2.15. The van der Waals surface area contributed by atoms with Crippen LogP contribution >= 0.6 is 11.3 Å². The number of tetrazole rings is 1. The lowest BCUT2D eigenvalue weighted by Crippen LogP contribution is -2.12. The van der Waals surface area contributed by atoms with Crippen molar-refractivity contribution in [3.63, 3.8) is 0 Å². The van der Waals surface area contributed by atoms with Gasteiger partial charge < -0.3 is 0 Å². The number of aromatic nitrogens is 5. The molecule has 1 amide bonds. The number of benzene rings is 2. The topological polar surface area (TPSA) is 85.6 Å². The molecule has 0 radical (unpaired) electrons. The van der Waals surface area contributed by atoms with Crippen LogP contribution in [0.15, 0.2) is 48.5 Å². The molecular weight excluding hydrogens is 348 g/mol. The molecule has 0 bridgehead atoms. The fourth-order valence-corrected chi connectivity index (χ4v) is 3.49. The number of nitrogens with one attached hydrogen (secondary N) is 1. The van der Waals surface area contributed by atoms with Crippen LogP contribution < -0.4 is 5.32 Å². The van der Waals surface area contributed by atoms with Crippen LogP contribution in [0.3, 0.4) is 0 Å². The normalized spacial score (nSPS) is 11.2. The number of nitrogens with zero attached hydrogens (tertiary/aromatic N) is 5. The third kappa shape index (κ3) is 3.06. The SMILES string of the molecule is CC(C)n1nnnc1-c1cccc(C(=O)Nc2nc3ccccc3s2)c1. The van der Waals surface area contributed by atoms with Crippen molar-refractivity contribution in [2.45, 2.75) is 19.9 Å². The van der Waals surface area contributed by atoms with E-state index in [-0.39, 0.29) is 11.9 Å². The lowest BCUT2D eigenvalue weighted by molar-refractivity contribution is 0.102. The molecular formula is C18H16N6OS. The van der Waals surface area contributed by atoms with Crippen molar-refractivity contribution in [1.82, 2.24) is 25.2 Å². The summed E-state index contributed by atoms with van der Waals surface area (Å²) >= 11 is 1.45. The predicted molar refractivity (Wildman–Crippen MR) is 101 cm³/mol. The van der Waals surface area contributed by atoms with Gasteiger partial charge in [0, 0.05) is 11.1 Å². The molecule has 0 spiro atoms. The molecule has 4 aromatic rings. The Balaban J connectivity index is 1.61. The number of amides is 1. The van der Waals surface area contributed by atoms with Crippen LogP contribution in [0.1, 0.15) is 30.2 Å². The van der Waals surface area contributed by atoms with Crippen LogP contribution in [0.5, 0.6) is 0 Å². The van der Waals surface area contributed by atoms with Crippen LogP contribution in [0, 0.1) is 0 Å². The quantitative estimate of drug-likeness (QED) is 0.595. The number of hydrogen-bond acceptors (Lipinski definition) is 6. The summed E-state index contributed by atoms with van der Waals surface area (Å²) in [5, 5.41) is 15.3. The highest BCUT2D eigenvalue weighted by molar-refractivity contribution is 7.22. The van der Waals surface area contributed by atoms with Gasteiger partial charge in [-0.2, -0.15) is 0 Å². The number of hydrogen-bond donors (Lipinski definition) is 1. The van der Waals surface area contributed by atoms with Gasteiger partial charge in [-0.3, -0.25) is 10.1 Å². The van der Waals surface area contributed by atoms with Gasteiger partial charge in [-0.15, -0.1) is 5.10 Å². The lowest BCUT2D eigenvalue weighted by atomic mass is 10.1. The lowest BCUT2D eigenvalue weighted by Gasteiger charge is -2.08. The highest BCUT2D eigenvalue weighted by atomic mass is 32.1. The molecule has 2 aromatic carbocycles. The first-order chi connectivity index (χ1) is 12.6. The Morgan fingerprint density at radius 3 is 2.81 bits per heavy atom. The third-order valence-corrected chi connectivity index (χ3v) is 4.83. The molecule has 7 nitrogen and oxygen atoms in total. The first kappa shape index (κ1) is 16.3. The summed E-state index contributed by atoms with van der Waals surface area (Å²) in [4.78, 5) is 17.1. The van der Waals surface area contributed by atoms with E-state index in [4.69, 9.17) is 0 Å². The van der Waals surface area contributed by atoms with E-state index in [1.165, 1.54) is 11.3 Å². The fourth-order valence-electron chi connectivity index (χ4n) is 2.63. The van der Waals surface area contributed by atoms with Crippen molar-refractivity contribution >= 4 is 32.6 Å². The van der Waals surface area contributed by atoms with E-state index in [1.54, 1.807) is 16.8 Å². The summed E-state index contributed by atoms with van der Waals surface area (Å²) in [5.41, 5.74) is 2.19. The molecule has 0 unspecified atom stereocenters. The van der Waals surface area contributed by atoms with Gasteiger partial charge in [0.2, 0.25) is 0 Å².